The number of carbonyl (C=O) groups excluding carboxylic acids is 1. The molecule has 2 N–H and O–H groups in total. The highest BCUT2D eigenvalue weighted by atomic mass is 19.1. The average Bonchev–Trinajstić information content (AvgIpc) is 2.61. The van der Waals surface area contributed by atoms with Crippen LogP contribution in [0, 0.1) is 5.82 Å². The second-order valence-corrected chi connectivity index (χ2v) is 6.20. The Morgan fingerprint density at radius 3 is 2.44 bits per heavy atom. The molecule has 0 saturated carbocycles. The highest BCUT2D eigenvalue weighted by molar-refractivity contribution is 5.95. The second-order valence-electron chi connectivity index (χ2n) is 6.20. The molecule has 0 bridgehead atoms. The number of aryl methyl sites for hydroxylation is 1. The summed E-state index contributed by atoms with van der Waals surface area (Å²) in [6, 6.07) is 8.80. The van der Waals surface area contributed by atoms with Crippen LogP contribution in [0.1, 0.15) is 36.2 Å². The maximum Gasteiger partial charge on any atom is 0.335 e. The molecule has 0 spiro atoms. The highest BCUT2D eigenvalue weighted by Gasteiger charge is 2.14. The summed E-state index contributed by atoms with van der Waals surface area (Å²) in [5, 5.41) is 11.8. The summed E-state index contributed by atoms with van der Waals surface area (Å²) < 4.78 is 24.2. The molecule has 2 rings (SSSR count). The monoisotopic (exact) mass is 375 g/mol. The van der Waals surface area contributed by atoms with Crippen molar-refractivity contribution in [1.29, 1.82) is 0 Å². The standard InChI is InChI=1S/C20H22FNO5/c1-12(2)27-18-8-6-14(20(24)25)11-16(18)22-19(23)9-5-13-4-7-17(26-3)15(21)10-13/h4,6-8,10-12H,5,9H2,1-3H3,(H,22,23)(H,24,25). The number of amides is 1. The summed E-state index contributed by atoms with van der Waals surface area (Å²) in [5.74, 6) is -1.39. The molecule has 0 heterocycles. The zero-order valence-electron chi connectivity index (χ0n) is 15.4. The fraction of sp³-hybridized carbons (Fsp3) is 0.300. The number of anilines is 1. The third-order valence-corrected chi connectivity index (χ3v) is 3.72. The van der Waals surface area contributed by atoms with Crippen LogP contribution in [0.2, 0.25) is 0 Å². The van der Waals surface area contributed by atoms with Crippen LogP contribution >= 0.6 is 0 Å². The summed E-state index contributed by atoms with van der Waals surface area (Å²) in [7, 11) is 1.38. The van der Waals surface area contributed by atoms with Crippen molar-refractivity contribution in [2.45, 2.75) is 32.8 Å². The first-order chi connectivity index (χ1) is 12.8. The number of halogens is 1. The van der Waals surface area contributed by atoms with E-state index in [9.17, 15) is 14.0 Å². The summed E-state index contributed by atoms with van der Waals surface area (Å²) >= 11 is 0. The van der Waals surface area contributed by atoms with Gasteiger partial charge in [-0.15, -0.1) is 0 Å². The predicted molar refractivity (Wildman–Crippen MR) is 99.1 cm³/mol. The van der Waals surface area contributed by atoms with Crippen molar-refractivity contribution in [3.63, 3.8) is 0 Å². The Kier molecular flexibility index (Phi) is 6.76. The number of carboxylic acids is 1. The smallest absolute Gasteiger partial charge is 0.335 e. The van der Waals surface area contributed by atoms with Gasteiger partial charge in [0.2, 0.25) is 5.91 Å². The van der Waals surface area contributed by atoms with Crippen LogP contribution in [0.4, 0.5) is 10.1 Å². The number of carbonyl (C=O) groups is 2. The Morgan fingerprint density at radius 1 is 1.15 bits per heavy atom. The van der Waals surface area contributed by atoms with Crippen LogP contribution in [-0.2, 0) is 11.2 Å². The lowest BCUT2D eigenvalue weighted by Crippen LogP contribution is -2.15. The SMILES string of the molecule is COc1ccc(CCC(=O)Nc2cc(C(=O)O)ccc2OC(C)C)cc1F. The van der Waals surface area contributed by atoms with Crippen LogP contribution in [0.15, 0.2) is 36.4 Å². The molecule has 2 aromatic rings. The van der Waals surface area contributed by atoms with E-state index in [0.717, 1.165) is 0 Å². The topological polar surface area (TPSA) is 84.9 Å². The number of nitrogens with one attached hydrogen (secondary N) is 1. The molecule has 0 aromatic heterocycles. The quantitative estimate of drug-likeness (QED) is 0.731. The van der Waals surface area contributed by atoms with Gasteiger partial charge in [-0.1, -0.05) is 6.07 Å². The highest BCUT2D eigenvalue weighted by Crippen LogP contribution is 2.27. The number of ether oxygens (including phenoxy) is 2. The molecule has 6 nitrogen and oxygen atoms in total. The van der Waals surface area contributed by atoms with Gasteiger partial charge in [-0.05, 0) is 56.2 Å². The maximum absolute atomic E-state index is 13.7. The fourth-order valence-corrected chi connectivity index (χ4v) is 2.45. The van der Waals surface area contributed by atoms with Crippen LogP contribution in [-0.4, -0.2) is 30.2 Å². The fourth-order valence-electron chi connectivity index (χ4n) is 2.45. The lowest BCUT2D eigenvalue weighted by Gasteiger charge is -2.15. The first-order valence-electron chi connectivity index (χ1n) is 8.46. The minimum absolute atomic E-state index is 0.0404. The molecule has 0 radical (unpaired) electrons. The van der Waals surface area contributed by atoms with E-state index in [1.54, 1.807) is 6.07 Å². The summed E-state index contributed by atoms with van der Waals surface area (Å²) in [6.07, 6.45) is 0.286. The molecule has 0 fully saturated rings. The Morgan fingerprint density at radius 2 is 1.85 bits per heavy atom. The zero-order chi connectivity index (χ0) is 20.0. The van der Waals surface area contributed by atoms with Crippen LogP contribution in [0.25, 0.3) is 0 Å². The van der Waals surface area contributed by atoms with Crippen LogP contribution < -0.4 is 14.8 Å². The number of hydrogen-bond acceptors (Lipinski definition) is 4. The molecule has 0 saturated heterocycles. The van der Waals surface area contributed by atoms with E-state index >= 15 is 0 Å². The summed E-state index contributed by atoms with van der Waals surface area (Å²) in [6.45, 7) is 3.66. The average molecular weight is 375 g/mol. The van der Waals surface area contributed by atoms with Crippen LogP contribution in [0.5, 0.6) is 11.5 Å². The van der Waals surface area contributed by atoms with E-state index in [-0.39, 0.29) is 35.4 Å². The molecule has 0 unspecified atom stereocenters. The van der Waals surface area contributed by atoms with E-state index < -0.39 is 11.8 Å². The maximum atomic E-state index is 13.7. The van der Waals surface area contributed by atoms with Gasteiger partial charge in [0, 0.05) is 6.42 Å². The van der Waals surface area contributed by atoms with Gasteiger partial charge in [0.05, 0.1) is 24.5 Å². The van der Waals surface area contributed by atoms with Crippen molar-refractivity contribution in [2.24, 2.45) is 0 Å². The molecule has 0 aliphatic heterocycles. The van der Waals surface area contributed by atoms with Crippen molar-refractivity contribution < 1.29 is 28.6 Å². The number of rotatable bonds is 8. The second kappa shape index (κ2) is 9.02. The van der Waals surface area contributed by atoms with Gasteiger partial charge in [-0.2, -0.15) is 0 Å². The third-order valence-electron chi connectivity index (χ3n) is 3.72. The Hall–Kier alpha value is -3.09. The number of methoxy groups -OCH3 is 1. The van der Waals surface area contributed by atoms with Gasteiger partial charge in [0.25, 0.3) is 0 Å². The predicted octanol–water partition coefficient (Wildman–Crippen LogP) is 3.89. The van der Waals surface area contributed by atoms with Crippen LogP contribution in [0.3, 0.4) is 0 Å². The van der Waals surface area contributed by atoms with Gasteiger partial charge in [-0.25, -0.2) is 9.18 Å². The number of aromatic carboxylic acids is 1. The molecule has 7 heteroatoms. The first kappa shape index (κ1) is 20.2. The summed E-state index contributed by atoms with van der Waals surface area (Å²) in [5.41, 5.74) is 0.981. The molecule has 144 valence electrons. The first-order valence-corrected chi connectivity index (χ1v) is 8.46. The van der Waals surface area contributed by atoms with Crippen molar-refractivity contribution in [3.8, 4) is 11.5 Å². The van der Waals surface area contributed by atoms with E-state index in [1.807, 2.05) is 13.8 Å². The lowest BCUT2D eigenvalue weighted by molar-refractivity contribution is -0.116. The summed E-state index contributed by atoms with van der Waals surface area (Å²) in [4.78, 5) is 23.4. The van der Waals surface area contributed by atoms with Gasteiger partial charge < -0.3 is 19.9 Å². The van der Waals surface area contributed by atoms with E-state index in [2.05, 4.69) is 5.32 Å². The molecular weight excluding hydrogens is 353 g/mol. The molecule has 0 atom stereocenters. The Balaban J connectivity index is 2.08. The number of hydrogen-bond donors (Lipinski definition) is 2. The van der Waals surface area contributed by atoms with E-state index in [0.29, 0.717) is 17.7 Å². The van der Waals surface area contributed by atoms with Gasteiger partial charge >= 0.3 is 5.97 Å². The van der Waals surface area contributed by atoms with Crippen molar-refractivity contribution in [2.75, 3.05) is 12.4 Å². The van der Waals surface area contributed by atoms with Gasteiger partial charge in [0.15, 0.2) is 11.6 Å². The zero-order valence-corrected chi connectivity index (χ0v) is 15.4. The molecular formula is C20H22FNO5. The molecule has 27 heavy (non-hydrogen) atoms. The van der Waals surface area contributed by atoms with E-state index in [4.69, 9.17) is 14.6 Å². The van der Waals surface area contributed by atoms with Gasteiger partial charge in [0.1, 0.15) is 5.75 Å². The van der Waals surface area contributed by atoms with Crippen molar-refractivity contribution in [1.82, 2.24) is 0 Å². The van der Waals surface area contributed by atoms with Gasteiger partial charge in [-0.3, -0.25) is 4.79 Å². The normalized spacial score (nSPS) is 10.6. The molecule has 0 aliphatic carbocycles. The Labute approximate surface area is 156 Å². The minimum Gasteiger partial charge on any atom is -0.494 e. The largest absolute Gasteiger partial charge is 0.494 e. The number of benzene rings is 2. The molecule has 1 amide bonds. The lowest BCUT2D eigenvalue weighted by atomic mass is 10.1. The number of carboxylic acid groups (broad SMARTS) is 1. The van der Waals surface area contributed by atoms with Crippen molar-refractivity contribution in [3.05, 3.63) is 53.3 Å². The molecule has 0 aliphatic rings. The minimum atomic E-state index is -1.10. The third kappa shape index (κ3) is 5.70. The van der Waals surface area contributed by atoms with Crippen molar-refractivity contribution >= 4 is 17.6 Å². The molecule has 2 aromatic carbocycles. The van der Waals surface area contributed by atoms with E-state index in [1.165, 1.54) is 37.4 Å². The Bertz CT molecular complexity index is 835.